The second-order valence-electron chi connectivity index (χ2n) is 3.41. The minimum Gasteiger partial charge on any atom is -0.300 e. The molecule has 0 unspecified atom stereocenters. The number of rotatable bonds is 3. The number of nitrogens with zero attached hydrogens (tertiary/aromatic N) is 2. The average molecular weight is 237 g/mol. The predicted molar refractivity (Wildman–Crippen MR) is 61.9 cm³/mol. The van der Waals surface area contributed by atoms with Gasteiger partial charge in [-0.25, -0.2) is 9.78 Å². The number of hydrogen-bond acceptors (Lipinski definition) is 4. The smallest absolute Gasteiger partial charge is 0.300 e. The molecule has 0 amide bonds. The van der Waals surface area contributed by atoms with Gasteiger partial charge in [0.15, 0.2) is 0 Å². The van der Waals surface area contributed by atoms with Gasteiger partial charge in [0.25, 0.3) is 5.56 Å². The maximum Gasteiger partial charge on any atom is 0.328 e. The van der Waals surface area contributed by atoms with E-state index in [4.69, 9.17) is 0 Å². The largest absolute Gasteiger partial charge is 0.328 e. The first-order valence-corrected chi connectivity index (χ1v) is 5.73. The highest BCUT2D eigenvalue weighted by Crippen LogP contribution is 2.12. The van der Waals surface area contributed by atoms with Crippen molar-refractivity contribution in [3.63, 3.8) is 0 Å². The first-order chi connectivity index (χ1) is 7.66. The number of H-pyrrole nitrogens is 1. The highest BCUT2D eigenvalue weighted by molar-refractivity contribution is 7.09. The minimum absolute atomic E-state index is 0.366. The summed E-state index contributed by atoms with van der Waals surface area (Å²) < 4.78 is 1.49. The second kappa shape index (κ2) is 4.44. The van der Waals surface area contributed by atoms with Gasteiger partial charge in [-0.1, -0.05) is 0 Å². The predicted octanol–water partition coefficient (Wildman–Crippen LogP) is 0.544. The molecule has 2 aromatic heterocycles. The number of aryl methyl sites for hydroxylation is 3. The molecule has 1 N–H and O–H groups in total. The Morgan fingerprint density at radius 1 is 1.50 bits per heavy atom. The lowest BCUT2D eigenvalue weighted by Crippen LogP contribution is -2.29. The maximum absolute atomic E-state index is 11.4. The van der Waals surface area contributed by atoms with E-state index >= 15 is 0 Å². The minimum atomic E-state index is -0.366. The number of nitrogens with one attached hydrogen (secondary N) is 1. The average Bonchev–Trinajstić information content (AvgIpc) is 2.63. The third kappa shape index (κ3) is 2.27. The fourth-order valence-electron chi connectivity index (χ4n) is 1.41. The summed E-state index contributed by atoms with van der Waals surface area (Å²) in [4.78, 5) is 29.8. The van der Waals surface area contributed by atoms with Crippen LogP contribution in [0.2, 0.25) is 0 Å². The normalized spacial score (nSPS) is 10.6. The molecule has 6 heteroatoms. The molecule has 16 heavy (non-hydrogen) atoms. The summed E-state index contributed by atoms with van der Waals surface area (Å²) in [6.45, 7) is 2.50. The summed E-state index contributed by atoms with van der Waals surface area (Å²) in [5.41, 5.74) is 2.06. The van der Waals surface area contributed by atoms with E-state index in [0.717, 1.165) is 17.0 Å². The summed E-state index contributed by atoms with van der Waals surface area (Å²) in [5.74, 6) is 0. The van der Waals surface area contributed by atoms with Gasteiger partial charge in [-0.05, 0) is 6.92 Å². The Kier molecular flexibility index (Phi) is 3.00. The number of hydrogen-bond donors (Lipinski definition) is 1. The Morgan fingerprint density at radius 2 is 2.31 bits per heavy atom. The van der Waals surface area contributed by atoms with Crippen molar-refractivity contribution in [2.24, 2.45) is 0 Å². The highest BCUT2D eigenvalue weighted by Gasteiger charge is 2.02. The zero-order chi connectivity index (χ0) is 11.5. The van der Waals surface area contributed by atoms with Gasteiger partial charge in [-0.2, -0.15) is 0 Å². The molecule has 2 rings (SSSR count). The Balaban J connectivity index is 2.14. The fourth-order valence-corrected chi connectivity index (χ4v) is 2.18. The molecule has 0 aliphatic carbocycles. The summed E-state index contributed by atoms with van der Waals surface area (Å²) >= 11 is 1.58. The number of aromatic amines is 1. The van der Waals surface area contributed by atoms with E-state index < -0.39 is 0 Å². The van der Waals surface area contributed by atoms with Crippen LogP contribution in [0.25, 0.3) is 0 Å². The summed E-state index contributed by atoms with van der Waals surface area (Å²) in [6.07, 6.45) is 2.26. The van der Waals surface area contributed by atoms with Crippen LogP contribution in [-0.4, -0.2) is 14.5 Å². The van der Waals surface area contributed by atoms with Crippen molar-refractivity contribution >= 4 is 11.3 Å². The molecule has 0 fully saturated rings. The van der Waals surface area contributed by atoms with Crippen LogP contribution in [0.5, 0.6) is 0 Å². The fraction of sp³-hybridized carbons (Fsp3) is 0.300. The first kappa shape index (κ1) is 10.8. The van der Waals surface area contributed by atoms with Crippen molar-refractivity contribution in [1.29, 1.82) is 0 Å². The van der Waals surface area contributed by atoms with E-state index in [1.165, 1.54) is 16.8 Å². The van der Waals surface area contributed by atoms with Crippen LogP contribution in [0.3, 0.4) is 0 Å². The highest BCUT2D eigenvalue weighted by atomic mass is 32.1. The van der Waals surface area contributed by atoms with Crippen molar-refractivity contribution < 1.29 is 0 Å². The van der Waals surface area contributed by atoms with Crippen molar-refractivity contribution in [3.05, 3.63) is 49.2 Å². The summed E-state index contributed by atoms with van der Waals surface area (Å²) in [5, 5.41) is 0. The van der Waals surface area contributed by atoms with Crippen LogP contribution in [0.4, 0.5) is 0 Å². The van der Waals surface area contributed by atoms with Crippen LogP contribution in [0.15, 0.2) is 27.4 Å². The van der Waals surface area contributed by atoms with E-state index in [-0.39, 0.29) is 11.2 Å². The molecule has 0 radical (unpaired) electrons. The Labute approximate surface area is 95.4 Å². The third-order valence-corrected chi connectivity index (χ3v) is 3.32. The number of thiazole rings is 1. The van der Waals surface area contributed by atoms with Crippen LogP contribution in [-0.2, 0) is 13.0 Å². The van der Waals surface area contributed by atoms with Gasteiger partial charge >= 0.3 is 5.69 Å². The molecule has 0 aliphatic rings. The van der Waals surface area contributed by atoms with Gasteiger partial charge in [-0.15, -0.1) is 11.3 Å². The van der Waals surface area contributed by atoms with Crippen LogP contribution in [0, 0.1) is 6.92 Å². The van der Waals surface area contributed by atoms with Crippen LogP contribution in [0.1, 0.15) is 10.6 Å². The number of aromatic nitrogens is 3. The Hall–Kier alpha value is -1.69. The van der Waals surface area contributed by atoms with Gasteiger partial charge in [0.1, 0.15) is 0 Å². The van der Waals surface area contributed by atoms with Crippen molar-refractivity contribution in [1.82, 2.24) is 14.5 Å². The lowest BCUT2D eigenvalue weighted by Gasteiger charge is -2.02. The molecule has 0 bridgehead atoms. The van der Waals surface area contributed by atoms with E-state index in [9.17, 15) is 9.59 Å². The van der Waals surface area contributed by atoms with Gasteiger partial charge in [0, 0.05) is 30.1 Å². The topological polar surface area (TPSA) is 67.8 Å². The van der Waals surface area contributed by atoms with Gasteiger partial charge in [0.2, 0.25) is 0 Å². The third-order valence-electron chi connectivity index (χ3n) is 2.32. The molecule has 0 spiro atoms. The van der Waals surface area contributed by atoms with Gasteiger partial charge in [0.05, 0.1) is 11.2 Å². The Bertz CT molecular complexity index is 596. The Morgan fingerprint density at radius 3 is 2.94 bits per heavy atom. The van der Waals surface area contributed by atoms with Crippen LogP contribution >= 0.6 is 11.3 Å². The quantitative estimate of drug-likeness (QED) is 0.847. The zero-order valence-electron chi connectivity index (χ0n) is 8.77. The monoisotopic (exact) mass is 237 g/mol. The molecule has 0 aromatic carbocycles. The van der Waals surface area contributed by atoms with Crippen molar-refractivity contribution in [2.75, 3.05) is 0 Å². The summed E-state index contributed by atoms with van der Waals surface area (Å²) in [7, 11) is 0. The maximum atomic E-state index is 11.4. The zero-order valence-corrected chi connectivity index (χ0v) is 9.58. The molecular formula is C10H11N3O2S. The molecule has 2 heterocycles. The van der Waals surface area contributed by atoms with E-state index in [1.54, 1.807) is 16.8 Å². The molecule has 0 saturated heterocycles. The van der Waals surface area contributed by atoms with E-state index in [1.807, 2.05) is 6.92 Å². The molecule has 0 saturated carbocycles. The van der Waals surface area contributed by atoms with Crippen LogP contribution < -0.4 is 11.2 Å². The second-order valence-corrected chi connectivity index (χ2v) is 4.35. The van der Waals surface area contributed by atoms with Crippen molar-refractivity contribution in [2.45, 2.75) is 19.9 Å². The van der Waals surface area contributed by atoms with Crippen molar-refractivity contribution in [3.8, 4) is 0 Å². The molecular weight excluding hydrogens is 226 g/mol. The molecule has 0 aliphatic heterocycles. The van der Waals surface area contributed by atoms with Gasteiger partial charge < -0.3 is 4.57 Å². The standard InChI is InChI=1S/C10H11N3O2S/c1-7-8(16-6-11-7)2-4-13-5-3-9(14)12-10(13)15/h3,5-6H,2,4H2,1H3,(H,12,14,15). The molecule has 5 nitrogen and oxygen atoms in total. The first-order valence-electron chi connectivity index (χ1n) is 4.85. The molecule has 2 aromatic rings. The van der Waals surface area contributed by atoms with Gasteiger partial charge in [-0.3, -0.25) is 9.78 Å². The lowest BCUT2D eigenvalue weighted by atomic mass is 10.3. The molecule has 84 valence electrons. The lowest BCUT2D eigenvalue weighted by molar-refractivity contribution is 0.647. The van der Waals surface area contributed by atoms with E-state index in [2.05, 4.69) is 9.97 Å². The SMILES string of the molecule is Cc1ncsc1CCn1ccc(=O)[nH]c1=O. The molecule has 0 atom stereocenters. The van der Waals surface area contributed by atoms with E-state index in [0.29, 0.717) is 6.54 Å². The summed E-state index contributed by atoms with van der Waals surface area (Å²) in [6, 6.07) is 1.35.